The highest BCUT2D eigenvalue weighted by atomic mass is 15.0. The highest BCUT2D eigenvalue weighted by Crippen LogP contribution is 2.39. The fourth-order valence-electron chi connectivity index (χ4n) is 6.67. The van der Waals surface area contributed by atoms with E-state index in [1.165, 1.54) is 43.1 Å². The van der Waals surface area contributed by atoms with Gasteiger partial charge in [-0.2, -0.15) is 0 Å². The van der Waals surface area contributed by atoms with E-state index in [1.807, 2.05) is 60.7 Å². The minimum Gasteiger partial charge on any atom is -0.208 e. The molecule has 46 heavy (non-hydrogen) atoms. The molecule has 9 rings (SSSR count). The molecular weight excluding hydrogens is 558 g/mol. The van der Waals surface area contributed by atoms with Crippen molar-refractivity contribution in [3.05, 3.63) is 164 Å². The molecule has 1 heterocycles. The molecule has 0 atom stereocenters. The van der Waals surface area contributed by atoms with Crippen molar-refractivity contribution < 1.29 is 0 Å². The summed E-state index contributed by atoms with van der Waals surface area (Å²) in [5.74, 6) is 1.96. The van der Waals surface area contributed by atoms with Crippen molar-refractivity contribution in [3.63, 3.8) is 0 Å². The highest BCUT2D eigenvalue weighted by Gasteiger charge is 2.16. The standard InChI is InChI=1S/C43H27N3/c1-3-12-31(13-4-1)41-44-42(32-14-5-2-6-15-32)46-43(45-41)38-18-10-9-17-35(38)33-22-20-29-19-21-30-24-25-36-34-16-8-7-11-28(34)23-26-37(36)40(30)39(29)27-33/h1-27H. The van der Waals surface area contributed by atoms with Crippen LogP contribution in [0.2, 0.25) is 0 Å². The number of nitrogens with zero attached hydrogens (tertiary/aromatic N) is 3. The van der Waals surface area contributed by atoms with Crippen molar-refractivity contribution in [2.75, 3.05) is 0 Å². The molecule has 0 saturated heterocycles. The van der Waals surface area contributed by atoms with Crippen LogP contribution in [-0.2, 0) is 0 Å². The normalized spacial score (nSPS) is 11.5. The third kappa shape index (κ3) is 4.41. The quantitative estimate of drug-likeness (QED) is 0.193. The lowest BCUT2D eigenvalue weighted by molar-refractivity contribution is 1.07. The third-order valence-electron chi connectivity index (χ3n) is 8.90. The van der Waals surface area contributed by atoms with Crippen LogP contribution < -0.4 is 0 Å². The van der Waals surface area contributed by atoms with Crippen LogP contribution in [0.25, 0.3) is 88.4 Å². The van der Waals surface area contributed by atoms with Gasteiger partial charge in [-0.05, 0) is 60.3 Å². The summed E-state index contributed by atoms with van der Waals surface area (Å²) in [7, 11) is 0. The van der Waals surface area contributed by atoms with E-state index in [9.17, 15) is 0 Å². The van der Waals surface area contributed by atoms with E-state index in [-0.39, 0.29) is 0 Å². The maximum Gasteiger partial charge on any atom is 0.164 e. The Balaban J connectivity index is 1.27. The average Bonchev–Trinajstić information content (AvgIpc) is 3.14. The molecule has 0 N–H and O–H groups in total. The first-order chi connectivity index (χ1) is 22.8. The molecular formula is C43H27N3. The van der Waals surface area contributed by atoms with E-state index in [1.54, 1.807) is 0 Å². The van der Waals surface area contributed by atoms with Crippen LogP contribution in [0, 0.1) is 0 Å². The minimum absolute atomic E-state index is 0.651. The first-order valence-corrected chi connectivity index (χ1v) is 15.5. The topological polar surface area (TPSA) is 38.7 Å². The van der Waals surface area contributed by atoms with E-state index in [4.69, 9.17) is 15.0 Å². The van der Waals surface area contributed by atoms with Gasteiger partial charge >= 0.3 is 0 Å². The lowest BCUT2D eigenvalue weighted by Gasteiger charge is -2.14. The predicted molar refractivity (Wildman–Crippen MR) is 192 cm³/mol. The van der Waals surface area contributed by atoms with E-state index < -0.39 is 0 Å². The number of hydrogen-bond donors (Lipinski definition) is 0. The number of aromatic nitrogens is 3. The van der Waals surface area contributed by atoms with Crippen molar-refractivity contribution in [2.24, 2.45) is 0 Å². The number of rotatable bonds is 4. The van der Waals surface area contributed by atoms with Crippen LogP contribution in [0.4, 0.5) is 0 Å². The summed E-state index contributed by atoms with van der Waals surface area (Å²) in [6, 6.07) is 57.6. The molecule has 3 heteroatoms. The van der Waals surface area contributed by atoms with Gasteiger partial charge in [0.05, 0.1) is 0 Å². The second-order valence-corrected chi connectivity index (χ2v) is 11.6. The molecule has 0 aliphatic heterocycles. The Labute approximate surface area is 266 Å². The Morgan fingerprint density at radius 3 is 1.57 bits per heavy atom. The van der Waals surface area contributed by atoms with Gasteiger partial charge in [0.15, 0.2) is 17.5 Å². The number of benzene rings is 8. The van der Waals surface area contributed by atoms with Crippen LogP contribution in [0.3, 0.4) is 0 Å². The molecule has 8 aromatic carbocycles. The average molecular weight is 586 g/mol. The fraction of sp³-hybridized carbons (Fsp3) is 0. The zero-order chi connectivity index (χ0) is 30.5. The number of fused-ring (bicyclic) bond motifs is 7. The van der Waals surface area contributed by atoms with Gasteiger partial charge in [-0.25, -0.2) is 15.0 Å². The third-order valence-corrected chi connectivity index (χ3v) is 8.90. The molecule has 0 radical (unpaired) electrons. The van der Waals surface area contributed by atoms with Gasteiger partial charge in [-0.1, -0.05) is 158 Å². The largest absolute Gasteiger partial charge is 0.208 e. The summed E-state index contributed by atoms with van der Waals surface area (Å²) in [5, 5.41) is 10.0. The summed E-state index contributed by atoms with van der Waals surface area (Å²) in [6.45, 7) is 0. The van der Waals surface area contributed by atoms with Gasteiger partial charge in [0.2, 0.25) is 0 Å². The van der Waals surface area contributed by atoms with Crippen LogP contribution in [0.5, 0.6) is 0 Å². The lowest BCUT2D eigenvalue weighted by Crippen LogP contribution is -2.01. The maximum absolute atomic E-state index is 5.05. The van der Waals surface area contributed by atoms with Crippen LogP contribution >= 0.6 is 0 Å². The Morgan fingerprint density at radius 1 is 0.283 bits per heavy atom. The van der Waals surface area contributed by atoms with Crippen LogP contribution in [0.1, 0.15) is 0 Å². The Bertz CT molecular complexity index is 2520. The fourth-order valence-corrected chi connectivity index (χ4v) is 6.67. The first kappa shape index (κ1) is 26.2. The van der Waals surface area contributed by atoms with Crippen molar-refractivity contribution in [1.29, 1.82) is 0 Å². The van der Waals surface area contributed by atoms with Gasteiger partial charge in [-0.3, -0.25) is 0 Å². The first-order valence-electron chi connectivity index (χ1n) is 15.5. The molecule has 0 bridgehead atoms. The highest BCUT2D eigenvalue weighted by molar-refractivity contribution is 6.25. The molecule has 3 nitrogen and oxygen atoms in total. The SMILES string of the molecule is c1ccc(-c2nc(-c3ccccc3)nc(-c3ccccc3-c3ccc4ccc5ccc6c7ccccc7ccc6c5c4c3)n2)cc1. The summed E-state index contributed by atoms with van der Waals surface area (Å²) in [4.78, 5) is 15.0. The molecule has 9 aromatic rings. The van der Waals surface area contributed by atoms with Crippen molar-refractivity contribution in [3.8, 4) is 45.3 Å². The van der Waals surface area contributed by atoms with E-state index in [2.05, 4.69) is 103 Å². The second kappa shape index (κ2) is 10.8. The van der Waals surface area contributed by atoms with Crippen molar-refractivity contribution in [1.82, 2.24) is 15.0 Å². The molecule has 1 aromatic heterocycles. The molecule has 0 amide bonds. The zero-order valence-electron chi connectivity index (χ0n) is 24.9. The summed E-state index contributed by atoms with van der Waals surface area (Å²) >= 11 is 0. The monoisotopic (exact) mass is 585 g/mol. The van der Waals surface area contributed by atoms with E-state index in [0.717, 1.165) is 27.8 Å². The van der Waals surface area contributed by atoms with E-state index in [0.29, 0.717) is 17.5 Å². The van der Waals surface area contributed by atoms with Crippen LogP contribution in [0.15, 0.2) is 164 Å². The Hall–Kier alpha value is -6.19. The molecule has 0 fully saturated rings. The Kier molecular flexibility index (Phi) is 6.14. The second-order valence-electron chi connectivity index (χ2n) is 11.6. The van der Waals surface area contributed by atoms with Gasteiger partial charge in [0.1, 0.15) is 0 Å². The molecule has 0 aliphatic carbocycles. The van der Waals surface area contributed by atoms with Gasteiger partial charge < -0.3 is 0 Å². The van der Waals surface area contributed by atoms with Gasteiger partial charge in [-0.15, -0.1) is 0 Å². The van der Waals surface area contributed by atoms with Crippen molar-refractivity contribution in [2.45, 2.75) is 0 Å². The molecule has 0 saturated carbocycles. The zero-order valence-corrected chi connectivity index (χ0v) is 24.9. The molecule has 0 aliphatic rings. The van der Waals surface area contributed by atoms with E-state index >= 15 is 0 Å². The number of hydrogen-bond acceptors (Lipinski definition) is 3. The van der Waals surface area contributed by atoms with Crippen LogP contribution in [-0.4, -0.2) is 15.0 Å². The Morgan fingerprint density at radius 2 is 0.804 bits per heavy atom. The minimum atomic E-state index is 0.651. The molecule has 214 valence electrons. The predicted octanol–water partition coefficient (Wildman–Crippen LogP) is 11.2. The molecule has 0 spiro atoms. The maximum atomic E-state index is 5.05. The summed E-state index contributed by atoms with van der Waals surface area (Å²) in [5.41, 5.74) is 5.08. The molecule has 0 unspecified atom stereocenters. The summed E-state index contributed by atoms with van der Waals surface area (Å²) in [6.07, 6.45) is 0. The van der Waals surface area contributed by atoms with Gasteiger partial charge in [0.25, 0.3) is 0 Å². The summed E-state index contributed by atoms with van der Waals surface area (Å²) < 4.78 is 0. The lowest BCUT2D eigenvalue weighted by atomic mass is 9.91. The van der Waals surface area contributed by atoms with Gasteiger partial charge in [0, 0.05) is 16.7 Å². The smallest absolute Gasteiger partial charge is 0.164 e. The van der Waals surface area contributed by atoms with Crippen molar-refractivity contribution >= 4 is 43.1 Å².